The van der Waals surface area contributed by atoms with Gasteiger partial charge in [-0.1, -0.05) is 48.0 Å². The summed E-state index contributed by atoms with van der Waals surface area (Å²) < 4.78 is 5.86. The second-order valence-corrected chi connectivity index (χ2v) is 6.73. The smallest absolute Gasteiger partial charge is 0.241 e. The molecule has 0 aliphatic rings. The van der Waals surface area contributed by atoms with Crippen LogP contribution in [-0.2, 0) is 17.9 Å². The van der Waals surface area contributed by atoms with Crippen LogP contribution >= 0.6 is 11.6 Å². The van der Waals surface area contributed by atoms with E-state index < -0.39 is 0 Å². The van der Waals surface area contributed by atoms with Crippen molar-refractivity contribution >= 4 is 23.5 Å². The number of nitrogens with zero attached hydrogens (tertiary/aromatic N) is 2. The van der Waals surface area contributed by atoms with E-state index in [1.807, 2.05) is 49.4 Å². The molecule has 0 unspecified atom stereocenters. The van der Waals surface area contributed by atoms with Crippen molar-refractivity contribution in [3.8, 4) is 5.75 Å². The maximum atomic E-state index is 11.8. The molecule has 0 fully saturated rings. The largest absolute Gasteiger partial charge is 0.487 e. The van der Waals surface area contributed by atoms with Crippen molar-refractivity contribution in [2.75, 3.05) is 27.2 Å². The number of benzene rings is 2. The summed E-state index contributed by atoms with van der Waals surface area (Å²) >= 11 is 6.16. The highest BCUT2D eigenvalue weighted by Gasteiger charge is 2.07. The summed E-state index contributed by atoms with van der Waals surface area (Å²) in [6.45, 7) is 3.75. The topological polar surface area (TPSA) is 66.0 Å². The molecule has 0 heterocycles. The van der Waals surface area contributed by atoms with E-state index in [9.17, 15) is 4.79 Å². The van der Waals surface area contributed by atoms with E-state index in [2.05, 4.69) is 15.6 Å². The standard InChI is InChI=1S/C21H27ClN4O2/c1-4-23-21(25-14-20(27)26(2)3)24-13-16-9-5-6-10-17(16)15-28-19-12-8-7-11-18(19)22/h5-12H,4,13-15H2,1-3H3,(H2,23,24,25). The SMILES string of the molecule is CCNC(=NCc1ccccc1COc1ccccc1Cl)NCC(=O)N(C)C. The van der Waals surface area contributed by atoms with Crippen molar-refractivity contribution in [2.24, 2.45) is 4.99 Å². The van der Waals surface area contributed by atoms with Gasteiger partial charge in [-0.3, -0.25) is 4.79 Å². The molecule has 2 N–H and O–H groups in total. The molecule has 0 aromatic heterocycles. The van der Waals surface area contributed by atoms with Gasteiger partial charge >= 0.3 is 0 Å². The first-order chi connectivity index (χ1) is 13.5. The molecule has 2 aromatic rings. The Morgan fingerprint density at radius 2 is 1.75 bits per heavy atom. The zero-order valence-corrected chi connectivity index (χ0v) is 17.3. The van der Waals surface area contributed by atoms with Gasteiger partial charge in [0.15, 0.2) is 5.96 Å². The van der Waals surface area contributed by atoms with Gasteiger partial charge in [0, 0.05) is 20.6 Å². The summed E-state index contributed by atoms with van der Waals surface area (Å²) in [5.41, 5.74) is 2.08. The van der Waals surface area contributed by atoms with Crippen LogP contribution in [0.25, 0.3) is 0 Å². The second-order valence-electron chi connectivity index (χ2n) is 6.32. The van der Waals surface area contributed by atoms with Crippen LogP contribution in [-0.4, -0.2) is 44.0 Å². The van der Waals surface area contributed by atoms with E-state index in [4.69, 9.17) is 16.3 Å². The molecule has 2 aromatic carbocycles. The summed E-state index contributed by atoms with van der Waals surface area (Å²) in [7, 11) is 3.45. The minimum Gasteiger partial charge on any atom is -0.487 e. The minimum atomic E-state index is -0.0147. The Morgan fingerprint density at radius 1 is 1.07 bits per heavy atom. The number of amides is 1. The molecule has 150 valence electrons. The Bertz CT molecular complexity index is 808. The van der Waals surface area contributed by atoms with Crippen LogP contribution < -0.4 is 15.4 Å². The fraction of sp³-hybridized carbons (Fsp3) is 0.333. The molecule has 0 spiro atoms. The average Bonchev–Trinajstić information content (AvgIpc) is 2.69. The molecular weight excluding hydrogens is 376 g/mol. The van der Waals surface area contributed by atoms with Crippen molar-refractivity contribution < 1.29 is 9.53 Å². The van der Waals surface area contributed by atoms with Crippen molar-refractivity contribution in [3.63, 3.8) is 0 Å². The highest BCUT2D eigenvalue weighted by molar-refractivity contribution is 6.32. The van der Waals surface area contributed by atoms with Crippen molar-refractivity contribution in [2.45, 2.75) is 20.1 Å². The number of halogens is 1. The van der Waals surface area contributed by atoms with Crippen LogP contribution in [0.1, 0.15) is 18.1 Å². The number of carbonyl (C=O) groups excluding carboxylic acids is 1. The van der Waals surface area contributed by atoms with Crippen LogP contribution in [0.5, 0.6) is 5.75 Å². The molecule has 0 aliphatic heterocycles. The monoisotopic (exact) mass is 402 g/mol. The number of rotatable bonds is 8. The van der Waals surface area contributed by atoms with E-state index >= 15 is 0 Å². The molecule has 0 radical (unpaired) electrons. The predicted molar refractivity (Wildman–Crippen MR) is 114 cm³/mol. The van der Waals surface area contributed by atoms with Gasteiger partial charge in [0.1, 0.15) is 12.4 Å². The Labute approximate surface area is 171 Å². The fourth-order valence-corrected chi connectivity index (χ4v) is 2.58. The molecule has 1 amide bonds. The van der Waals surface area contributed by atoms with Crippen LogP contribution in [0.15, 0.2) is 53.5 Å². The molecule has 0 bridgehead atoms. The number of aliphatic imine (C=N–C) groups is 1. The molecule has 0 atom stereocenters. The van der Waals surface area contributed by atoms with E-state index in [-0.39, 0.29) is 12.5 Å². The van der Waals surface area contributed by atoms with Crippen LogP contribution in [0.3, 0.4) is 0 Å². The summed E-state index contributed by atoms with van der Waals surface area (Å²) in [6, 6.07) is 15.4. The molecule has 0 saturated carbocycles. The number of hydrogen-bond acceptors (Lipinski definition) is 3. The highest BCUT2D eigenvalue weighted by atomic mass is 35.5. The van der Waals surface area contributed by atoms with Crippen molar-refractivity contribution in [3.05, 3.63) is 64.7 Å². The lowest BCUT2D eigenvalue weighted by molar-refractivity contribution is -0.127. The van der Waals surface area contributed by atoms with Gasteiger partial charge < -0.3 is 20.3 Å². The number of ether oxygens (including phenoxy) is 1. The maximum Gasteiger partial charge on any atom is 0.241 e. The summed E-state index contributed by atoms with van der Waals surface area (Å²) in [6.07, 6.45) is 0. The van der Waals surface area contributed by atoms with Gasteiger partial charge in [-0.2, -0.15) is 0 Å². The van der Waals surface area contributed by atoms with Crippen LogP contribution in [0, 0.1) is 0 Å². The maximum absolute atomic E-state index is 11.8. The number of hydrogen-bond donors (Lipinski definition) is 2. The number of likely N-dealkylation sites (N-methyl/N-ethyl adjacent to an activating group) is 1. The lowest BCUT2D eigenvalue weighted by Crippen LogP contribution is -2.42. The third-order valence-corrected chi connectivity index (χ3v) is 4.31. The van der Waals surface area contributed by atoms with Crippen molar-refractivity contribution in [1.82, 2.24) is 15.5 Å². The zero-order chi connectivity index (χ0) is 20.4. The first kappa shape index (κ1) is 21.6. The number of carbonyl (C=O) groups is 1. The van der Waals surface area contributed by atoms with Gasteiger partial charge in [0.2, 0.25) is 5.91 Å². The minimum absolute atomic E-state index is 0.0147. The van der Waals surface area contributed by atoms with Gasteiger partial charge in [-0.15, -0.1) is 0 Å². The normalized spacial score (nSPS) is 11.1. The van der Waals surface area contributed by atoms with Gasteiger partial charge in [-0.05, 0) is 30.2 Å². The van der Waals surface area contributed by atoms with E-state index in [1.54, 1.807) is 20.2 Å². The molecule has 6 nitrogen and oxygen atoms in total. The summed E-state index contributed by atoms with van der Waals surface area (Å²) in [5.74, 6) is 1.23. The van der Waals surface area contributed by atoms with Gasteiger partial charge in [-0.25, -0.2) is 4.99 Å². The first-order valence-electron chi connectivity index (χ1n) is 9.17. The average molecular weight is 403 g/mol. The van der Waals surface area contributed by atoms with Crippen LogP contribution in [0.4, 0.5) is 0 Å². The van der Waals surface area contributed by atoms with E-state index in [0.29, 0.717) is 36.4 Å². The third kappa shape index (κ3) is 6.78. The van der Waals surface area contributed by atoms with E-state index in [0.717, 1.165) is 11.1 Å². The lowest BCUT2D eigenvalue weighted by Gasteiger charge is -2.15. The lowest BCUT2D eigenvalue weighted by atomic mass is 10.1. The van der Waals surface area contributed by atoms with Crippen molar-refractivity contribution in [1.29, 1.82) is 0 Å². The van der Waals surface area contributed by atoms with Gasteiger partial charge in [0.05, 0.1) is 18.1 Å². The molecule has 2 rings (SSSR count). The highest BCUT2D eigenvalue weighted by Crippen LogP contribution is 2.24. The Morgan fingerprint density at radius 3 is 2.43 bits per heavy atom. The second kappa shape index (κ2) is 11.2. The number of guanidine groups is 1. The first-order valence-corrected chi connectivity index (χ1v) is 9.55. The molecular formula is C21H27ClN4O2. The van der Waals surface area contributed by atoms with Crippen LogP contribution in [0.2, 0.25) is 5.02 Å². The Kier molecular flexibility index (Phi) is 8.62. The number of para-hydroxylation sites is 1. The molecule has 0 aliphatic carbocycles. The predicted octanol–water partition coefficient (Wildman–Crippen LogP) is 3.06. The summed E-state index contributed by atoms with van der Waals surface area (Å²) in [4.78, 5) is 17.9. The molecule has 28 heavy (non-hydrogen) atoms. The third-order valence-electron chi connectivity index (χ3n) is 4.00. The molecule has 0 saturated heterocycles. The Hall–Kier alpha value is -2.73. The quantitative estimate of drug-likeness (QED) is 0.526. The summed E-state index contributed by atoms with van der Waals surface area (Å²) in [5, 5.41) is 6.79. The zero-order valence-electron chi connectivity index (χ0n) is 16.5. The molecule has 7 heteroatoms. The van der Waals surface area contributed by atoms with Gasteiger partial charge in [0.25, 0.3) is 0 Å². The fourth-order valence-electron chi connectivity index (χ4n) is 2.39. The number of nitrogens with one attached hydrogen (secondary N) is 2. The Balaban J connectivity index is 2.04. The van der Waals surface area contributed by atoms with E-state index in [1.165, 1.54) is 4.90 Å².